The van der Waals surface area contributed by atoms with Crippen molar-refractivity contribution >= 4 is 5.97 Å². The Hall–Kier alpha value is -0.710. The van der Waals surface area contributed by atoms with Gasteiger partial charge in [0.05, 0.1) is 7.11 Å². The second kappa shape index (κ2) is 5.51. The summed E-state index contributed by atoms with van der Waals surface area (Å²) in [4.78, 5) is 13.7. The van der Waals surface area contributed by atoms with Crippen LogP contribution in [-0.2, 0) is 9.53 Å². The van der Waals surface area contributed by atoms with Gasteiger partial charge in [0.2, 0.25) is 0 Å². The third-order valence-corrected chi connectivity index (χ3v) is 3.77. The number of esters is 1. The van der Waals surface area contributed by atoms with Gasteiger partial charge in [-0.2, -0.15) is 0 Å². The average Bonchev–Trinajstić information content (AvgIpc) is 2.29. The second-order valence-electron chi connectivity index (χ2n) is 5.70. The first kappa shape index (κ1) is 15.3. The minimum absolute atomic E-state index is 0.0688. The van der Waals surface area contributed by atoms with Crippen molar-refractivity contribution in [3.05, 3.63) is 0 Å². The van der Waals surface area contributed by atoms with Crippen molar-refractivity contribution in [3.63, 3.8) is 0 Å². The van der Waals surface area contributed by atoms with Gasteiger partial charge in [0.1, 0.15) is 5.41 Å². The first-order valence-electron chi connectivity index (χ1n) is 6.40. The van der Waals surface area contributed by atoms with Gasteiger partial charge in [-0.05, 0) is 25.8 Å². The van der Waals surface area contributed by atoms with E-state index in [-0.39, 0.29) is 25.3 Å². The SMILES string of the molecule is COC(=O)C1(CCC(C)C)CN(C)CCC1(F)F. The molecule has 0 radical (unpaired) electrons. The summed E-state index contributed by atoms with van der Waals surface area (Å²) < 4.78 is 33.2. The van der Waals surface area contributed by atoms with Crippen LogP contribution in [-0.4, -0.2) is 44.0 Å². The lowest BCUT2D eigenvalue weighted by Gasteiger charge is -2.45. The highest BCUT2D eigenvalue weighted by atomic mass is 19.3. The van der Waals surface area contributed by atoms with Gasteiger partial charge in [-0.25, -0.2) is 8.78 Å². The summed E-state index contributed by atoms with van der Waals surface area (Å²) in [6.07, 6.45) is 0.490. The number of nitrogens with zero attached hydrogens (tertiary/aromatic N) is 1. The van der Waals surface area contributed by atoms with Crippen LogP contribution in [0.1, 0.15) is 33.1 Å². The summed E-state index contributed by atoms with van der Waals surface area (Å²) in [5.41, 5.74) is -1.68. The number of carbonyl (C=O) groups excluding carboxylic acids is 1. The lowest BCUT2D eigenvalue weighted by molar-refractivity contribution is -0.201. The largest absolute Gasteiger partial charge is 0.468 e. The van der Waals surface area contributed by atoms with Crippen LogP contribution in [0, 0.1) is 11.3 Å². The second-order valence-corrected chi connectivity index (χ2v) is 5.70. The highest BCUT2D eigenvalue weighted by Gasteiger charge is 2.61. The van der Waals surface area contributed by atoms with Gasteiger partial charge in [-0.15, -0.1) is 0 Å². The molecular formula is C13H23F2NO2. The van der Waals surface area contributed by atoms with Crippen LogP contribution in [0.4, 0.5) is 8.78 Å². The molecule has 0 saturated carbocycles. The maximum Gasteiger partial charge on any atom is 0.319 e. The molecule has 1 aliphatic rings. The van der Waals surface area contributed by atoms with E-state index < -0.39 is 17.3 Å². The van der Waals surface area contributed by atoms with Gasteiger partial charge in [-0.1, -0.05) is 13.8 Å². The molecule has 0 aromatic carbocycles. The first-order valence-corrected chi connectivity index (χ1v) is 6.40. The molecule has 0 bridgehead atoms. The monoisotopic (exact) mass is 263 g/mol. The molecule has 1 unspecified atom stereocenters. The van der Waals surface area contributed by atoms with Crippen molar-refractivity contribution in [2.45, 2.75) is 39.0 Å². The molecule has 1 fully saturated rings. The fourth-order valence-electron chi connectivity index (χ4n) is 2.53. The number of halogens is 2. The molecule has 1 aliphatic heterocycles. The molecule has 1 saturated heterocycles. The lowest BCUT2D eigenvalue weighted by atomic mass is 9.72. The van der Waals surface area contributed by atoms with Crippen molar-refractivity contribution in [1.82, 2.24) is 4.90 Å². The number of hydrogen-bond donors (Lipinski definition) is 0. The van der Waals surface area contributed by atoms with Crippen molar-refractivity contribution in [3.8, 4) is 0 Å². The maximum atomic E-state index is 14.3. The number of likely N-dealkylation sites (tertiary alicyclic amines) is 1. The molecule has 0 spiro atoms. The number of carbonyl (C=O) groups is 1. The molecule has 0 aromatic rings. The molecule has 0 aromatic heterocycles. The van der Waals surface area contributed by atoms with E-state index in [2.05, 4.69) is 4.74 Å². The highest BCUT2D eigenvalue weighted by Crippen LogP contribution is 2.47. The van der Waals surface area contributed by atoms with E-state index >= 15 is 0 Å². The molecular weight excluding hydrogens is 240 g/mol. The van der Waals surface area contributed by atoms with Gasteiger partial charge in [0, 0.05) is 19.5 Å². The molecule has 1 heterocycles. The van der Waals surface area contributed by atoms with Crippen molar-refractivity contribution < 1.29 is 18.3 Å². The Kier molecular flexibility index (Phi) is 4.70. The smallest absolute Gasteiger partial charge is 0.319 e. The van der Waals surface area contributed by atoms with Gasteiger partial charge >= 0.3 is 5.97 Å². The molecule has 3 nitrogen and oxygen atoms in total. The molecule has 1 rings (SSSR count). The predicted molar refractivity (Wildman–Crippen MR) is 65.6 cm³/mol. The summed E-state index contributed by atoms with van der Waals surface area (Å²) in [5.74, 6) is -3.48. The van der Waals surface area contributed by atoms with Gasteiger partial charge in [0.15, 0.2) is 0 Å². The number of piperidine rings is 1. The van der Waals surface area contributed by atoms with Crippen LogP contribution in [0.2, 0.25) is 0 Å². The zero-order valence-electron chi connectivity index (χ0n) is 11.6. The highest BCUT2D eigenvalue weighted by molar-refractivity contribution is 5.78. The zero-order valence-corrected chi connectivity index (χ0v) is 11.6. The van der Waals surface area contributed by atoms with Crippen molar-refractivity contribution in [1.29, 1.82) is 0 Å². The molecule has 18 heavy (non-hydrogen) atoms. The predicted octanol–water partition coefficient (Wildman–Crippen LogP) is 2.55. The summed E-state index contributed by atoms with van der Waals surface area (Å²) in [6, 6.07) is 0. The van der Waals surface area contributed by atoms with Gasteiger partial charge < -0.3 is 9.64 Å². The third-order valence-electron chi connectivity index (χ3n) is 3.77. The van der Waals surface area contributed by atoms with E-state index in [1.165, 1.54) is 7.11 Å². The van der Waals surface area contributed by atoms with Crippen molar-refractivity contribution in [2.75, 3.05) is 27.2 Å². The van der Waals surface area contributed by atoms with E-state index in [1.54, 1.807) is 11.9 Å². The van der Waals surface area contributed by atoms with Crippen LogP contribution in [0.3, 0.4) is 0 Å². The summed E-state index contributed by atoms with van der Waals surface area (Å²) in [6.45, 7) is 4.32. The molecule has 1 atom stereocenters. The molecule has 0 aliphatic carbocycles. The van der Waals surface area contributed by atoms with Crippen molar-refractivity contribution in [2.24, 2.45) is 11.3 Å². The Morgan fingerprint density at radius 3 is 2.56 bits per heavy atom. The van der Waals surface area contributed by atoms with Crippen LogP contribution < -0.4 is 0 Å². The number of alkyl halides is 2. The summed E-state index contributed by atoms with van der Waals surface area (Å²) >= 11 is 0. The van der Waals surface area contributed by atoms with E-state index in [0.29, 0.717) is 13.0 Å². The van der Waals surface area contributed by atoms with Crippen LogP contribution in [0.15, 0.2) is 0 Å². The van der Waals surface area contributed by atoms with E-state index in [1.807, 2.05) is 13.8 Å². The topological polar surface area (TPSA) is 29.5 Å². The third kappa shape index (κ3) is 2.82. The Morgan fingerprint density at radius 2 is 2.06 bits per heavy atom. The van der Waals surface area contributed by atoms with Gasteiger partial charge in [0.25, 0.3) is 5.92 Å². The van der Waals surface area contributed by atoms with E-state index in [9.17, 15) is 13.6 Å². The fraction of sp³-hybridized carbons (Fsp3) is 0.923. The van der Waals surface area contributed by atoms with E-state index in [0.717, 1.165) is 0 Å². The van der Waals surface area contributed by atoms with Crippen LogP contribution in [0.5, 0.6) is 0 Å². The fourth-order valence-corrected chi connectivity index (χ4v) is 2.53. The normalized spacial score (nSPS) is 28.4. The number of hydrogen-bond acceptors (Lipinski definition) is 3. The molecule has 0 amide bonds. The molecule has 5 heteroatoms. The lowest BCUT2D eigenvalue weighted by Crippen LogP contribution is -2.59. The van der Waals surface area contributed by atoms with E-state index in [4.69, 9.17) is 0 Å². The van der Waals surface area contributed by atoms with Crippen LogP contribution in [0.25, 0.3) is 0 Å². The Morgan fingerprint density at radius 1 is 1.44 bits per heavy atom. The minimum atomic E-state index is -2.98. The number of rotatable bonds is 4. The Labute approximate surface area is 107 Å². The number of methoxy groups -OCH3 is 1. The zero-order chi connectivity index (χ0) is 14.0. The summed E-state index contributed by atoms with van der Waals surface area (Å²) in [7, 11) is 2.95. The number of ether oxygens (including phenoxy) is 1. The Balaban J connectivity index is 3.03. The average molecular weight is 263 g/mol. The first-order chi connectivity index (χ1) is 8.25. The minimum Gasteiger partial charge on any atom is -0.468 e. The molecule has 0 N–H and O–H groups in total. The summed E-state index contributed by atoms with van der Waals surface area (Å²) in [5, 5.41) is 0. The Bertz CT molecular complexity index is 307. The standard InChI is InChI=1S/C13H23F2NO2/c1-10(2)5-6-12(11(17)18-4)9-16(3)8-7-13(12,14)15/h10H,5-9H2,1-4H3. The molecule has 106 valence electrons. The van der Waals surface area contributed by atoms with Crippen LogP contribution >= 0.6 is 0 Å². The quantitative estimate of drug-likeness (QED) is 0.730. The van der Waals surface area contributed by atoms with Gasteiger partial charge in [-0.3, -0.25) is 4.79 Å². The maximum absolute atomic E-state index is 14.3.